The third-order valence-corrected chi connectivity index (χ3v) is 5.13. The van der Waals surface area contributed by atoms with Gasteiger partial charge in [-0.25, -0.2) is 4.98 Å². The highest BCUT2D eigenvalue weighted by atomic mass is 32.1. The highest BCUT2D eigenvalue weighted by Crippen LogP contribution is 2.29. The molecule has 8 heteroatoms. The number of hydrogen-bond acceptors (Lipinski definition) is 6. The molecule has 0 fully saturated rings. The Balaban J connectivity index is 1.66. The number of ether oxygens (including phenoxy) is 2. The van der Waals surface area contributed by atoms with Gasteiger partial charge in [-0.15, -0.1) is 11.3 Å². The lowest BCUT2D eigenvalue weighted by Crippen LogP contribution is -2.29. The van der Waals surface area contributed by atoms with Crippen LogP contribution in [0.5, 0.6) is 11.5 Å². The number of benzene rings is 1. The molecule has 0 aliphatic carbocycles. The fourth-order valence-corrected chi connectivity index (χ4v) is 3.57. The SMILES string of the molecule is COc1ccc(OC)c(C(C)NC(=O)CCn2cnc3sccc3c2=O)c1. The number of fused-ring (bicyclic) bond motifs is 1. The van der Waals surface area contributed by atoms with E-state index in [1.807, 2.05) is 18.4 Å². The molecule has 3 rings (SSSR count). The summed E-state index contributed by atoms with van der Waals surface area (Å²) in [5.74, 6) is 1.20. The van der Waals surface area contributed by atoms with Gasteiger partial charge in [0.25, 0.3) is 5.56 Å². The van der Waals surface area contributed by atoms with E-state index in [4.69, 9.17) is 9.47 Å². The van der Waals surface area contributed by atoms with Crippen molar-refractivity contribution in [1.82, 2.24) is 14.9 Å². The number of thiophene rings is 1. The van der Waals surface area contributed by atoms with Gasteiger partial charge in [0.1, 0.15) is 16.3 Å². The monoisotopic (exact) mass is 387 g/mol. The smallest absolute Gasteiger partial charge is 0.262 e. The van der Waals surface area contributed by atoms with Crippen LogP contribution in [0.15, 0.2) is 40.8 Å². The average Bonchev–Trinajstić information content (AvgIpc) is 3.16. The van der Waals surface area contributed by atoms with E-state index in [2.05, 4.69) is 10.3 Å². The Morgan fingerprint density at radius 3 is 2.85 bits per heavy atom. The van der Waals surface area contributed by atoms with Gasteiger partial charge in [0.2, 0.25) is 5.91 Å². The number of methoxy groups -OCH3 is 2. The second kappa shape index (κ2) is 8.22. The summed E-state index contributed by atoms with van der Waals surface area (Å²) in [4.78, 5) is 29.7. The molecule has 2 aromatic heterocycles. The molecule has 1 aromatic carbocycles. The fourth-order valence-electron chi connectivity index (χ4n) is 2.84. The number of amides is 1. The van der Waals surface area contributed by atoms with Gasteiger partial charge in [0, 0.05) is 18.5 Å². The third-order valence-electron chi connectivity index (χ3n) is 4.31. The molecule has 0 aliphatic heterocycles. The zero-order valence-electron chi connectivity index (χ0n) is 15.4. The quantitative estimate of drug-likeness (QED) is 0.674. The Kier molecular flexibility index (Phi) is 5.75. The van der Waals surface area contributed by atoms with Gasteiger partial charge < -0.3 is 14.8 Å². The van der Waals surface area contributed by atoms with Crippen LogP contribution in [0.25, 0.3) is 10.2 Å². The normalized spacial score (nSPS) is 12.0. The fraction of sp³-hybridized carbons (Fsp3) is 0.316. The molecule has 0 radical (unpaired) electrons. The number of rotatable bonds is 7. The van der Waals surface area contributed by atoms with E-state index in [1.165, 1.54) is 22.2 Å². The van der Waals surface area contributed by atoms with Crippen LogP contribution in [0.2, 0.25) is 0 Å². The summed E-state index contributed by atoms with van der Waals surface area (Å²) < 4.78 is 12.1. The lowest BCUT2D eigenvalue weighted by Gasteiger charge is -2.18. The van der Waals surface area contributed by atoms with Crippen molar-refractivity contribution in [3.8, 4) is 11.5 Å². The Hall–Kier alpha value is -2.87. The molecule has 1 atom stereocenters. The van der Waals surface area contributed by atoms with Crippen molar-refractivity contribution in [3.05, 3.63) is 51.9 Å². The number of aryl methyl sites for hydroxylation is 1. The molecule has 2 heterocycles. The van der Waals surface area contributed by atoms with Crippen molar-refractivity contribution in [2.45, 2.75) is 25.9 Å². The summed E-state index contributed by atoms with van der Waals surface area (Å²) in [5, 5.41) is 5.35. The first-order valence-electron chi connectivity index (χ1n) is 8.47. The Morgan fingerprint density at radius 2 is 2.11 bits per heavy atom. The molecule has 1 amide bonds. The largest absolute Gasteiger partial charge is 0.497 e. The Bertz CT molecular complexity index is 1010. The molecule has 1 unspecified atom stereocenters. The zero-order valence-corrected chi connectivity index (χ0v) is 16.2. The summed E-state index contributed by atoms with van der Waals surface area (Å²) in [6.07, 6.45) is 1.66. The predicted octanol–water partition coefficient (Wildman–Crippen LogP) is 2.74. The first kappa shape index (κ1) is 18.9. The lowest BCUT2D eigenvalue weighted by atomic mass is 10.1. The number of hydrogen-bond donors (Lipinski definition) is 1. The topological polar surface area (TPSA) is 82.4 Å². The van der Waals surface area contributed by atoms with E-state index in [-0.39, 0.29) is 30.5 Å². The van der Waals surface area contributed by atoms with Crippen molar-refractivity contribution in [3.63, 3.8) is 0 Å². The molecule has 27 heavy (non-hydrogen) atoms. The van der Waals surface area contributed by atoms with Crippen molar-refractivity contribution < 1.29 is 14.3 Å². The Labute approximate surface area is 160 Å². The van der Waals surface area contributed by atoms with Gasteiger partial charge in [-0.3, -0.25) is 14.2 Å². The zero-order chi connectivity index (χ0) is 19.4. The summed E-state index contributed by atoms with van der Waals surface area (Å²) in [7, 11) is 3.17. The van der Waals surface area contributed by atoms with Crippen molar-refractivity contribution in [1.29, 1.82) is 0 Å². The molecule has 0 bridgehead atoms. The molecule has 0 spiro atoms. The van der Waals surface area contributed by atoms with E-state index in [9.17, 15) is 9.59 Å². The standard InChI is InChI=1S/C19H21N3O4S/c1-12(15-10-13(25-2)4-5-16(15)26-3)21-17(23)6-8-22-11-20-18-14(19(22)24)7-9-27-18/h4-5,7,9-12H,6,8H2,1-3H3,(H,21,23). The highest BCUT2D eigenvalue weighted by molar-refractivity contribution is 7.16. The summed E-state index contributed by atoms with van der Waals surface area (Å²) in [5.41, 5.74) is 0.695. The minimum atomic E-state index is -0.267. The summed E-state index contributed by atoms with van der Waals surface area (Å²) in [6.45, 7) is 2.14. The molecule has 0 saturated carbocycles. The number of nitrogens with one attached hydrogen (secondary N) is 1. The molecular weight excluding hydrogens is 366 g/mol. The summed E-state index contributed by atoms with van der Waals surface area (Å²) >= 11 is 1.42. The van der Waals surface area contributed by atoms with Crippen LogP contribution in [0.3, 0.4) is 0 Å². The second-order valence-corrected chi connectivity index (χ2v) is 6.92. The van der Waals surface area contributed by atoms with Crippen LogP contribution in [0.1, 0.15) is 24.9 Å². The number of nitrogens with zero attached hydrogens (tertiary/aromatic N) is 2. The molecule has 0 aliphatic rings. The van der Waals surface area contributed by atoms with Crippen LogP contribution < -0.4 is 20.3 Å². The van der Waals surface area contributed by atoms with E-state index < -0.39 is 0 Å². The van der Waals surface area contributed by atoms with Gasteiger partial charge in [0.05, 0.1) is 32.0 Å². The van der Waals surface area contributed by atoms with Gasteiger partial charge in [-0.2, -0.15) is 0 Å². The maximum Gasteiger partial charge on any atom is 0.262 e. The van der Waals surface area contributed by atoms with Gasteiger partial charge in [0.15, 0.2) is 0 Å². The molecule has 7 nitrogen and oxygen atoms in total. The first-order valence-corrected chi connectivity index (χ1v) is 9.35. The molecule has 1 N–H and O–H groups in total. The van der Waals surface area contributed by atoms with Crippen LogP contribution in [-0.2, 0) is 11.3 Å². The molecule has 142 valence electrons. The predicted molar refractivity (Wildman–Crippen MR) is 105 cm³/mol. The van der Waals surface area contributed by atoms with Crippen molar-refractivity contribution in [2.24, 2.45) is 0 Å². The average molecular weight is 387 g/mol. The number of carbonyl (C=O) groups is 1. The highest BCUT2D eigenvalue weighted by Gasteiger charge is 2.15. The number of aromatic nitrogens is 2. The maximum absolute atomic E-state index is 12.4. The molecule has 0 saturated heterocycles. The summed E-state index contributed by atoms with van der Waals surface area (Å²) in [6, 6.07) is 6.93. The third kappa shape index (κ3) is 4.11. The maximum atomic E-state index is 12.4. The van der Waals surface area contributed by atoms with Crippen LogP contribution >= 0.6 is 11.3 Å². The van der Waals surface area contributed by atoms with Crippen molar-refractivity contribution in [2.75, 3.05) is 14.2 Å². The van der Waals surface area contributed by atoms with Crippen LogP contribution in [0, 0.1) is 0 Å². The van der Waals surface area contributed by atoms with Crippen molar-refractivity contribution >= 4 is 27.5 Å². The van der Waals surface area contributed by atoms with E-state index in [1.54, 1.807) is 32.4 Å². The van der Waals surface area contributed by atoms with E-state index in [0.717, 1.165) is 5.56 Å². The van der Waals surface area contributed by atoms with Gasteiger partial charge >= 0.3 is 0 Å². The van der Waals surface area contributed by atoms with E-state index >= 15 is 0 Å². The van der Waals surface area contributed by atoms with E-state index in [0.29, 0.717) is 21.7 Å². The van der Waals surface area contributed by atoms with Crippen LogP contribution in [0.4, 0.5) is 0 Å². The Morgan fingerprint density at radius 1 is 1.30 bits per heavy atom. The number of carbonyl (C=O) groups excluding carboxylic acids is 1. The lowest BCUT2D eigenvalue weighted by molar-refractivity contribution is -0.122. The molecular formula is C19H21N3O4S. The minimum Gasteiger partial charge on any atom is -0.497 e. The van der Waals surface area contributed by atoms with Gasteiger partial charge in [-0.05, 0) is 36.6 Å². The van der Waals surface area contributed by atoms with Gasteiger partial charge in [-0.1, -0.05) is 0 Å². The van der Waals surface area contributed by atoms with Crippen LogP contribution in [-0.4, -0.2) is 29.7 Å². The molecule has 3 aromatic rings. The first-order chi connectivity index (χ1) is 13.0. The second-order valence-electron chi connectivity index (χ2n) is 6.03. The minimum absolute atomic E-state index is 0.128.